The first-order valence-corrected chi connectivity index (χ1v) is 3.89. The Morgan fingerprint density at radius 2 is 1.83 bits per heavy atom. The van der Waals surface area contributed by atoms with Crippen LogP contribution >= 0.6 is 0 Å². The summed E-state index contributed by atoms with van der Waals surface area (Å²) < 4.78 is 0. The Kier molecular flexibility index (Phi) is 2.86. The Bertz CT molecular complexity index is 261. The van der Waals surface area contributed by atoms with Crippen molar-refractivity contribution in [2.24, 2.45) is 0 Å². The Balaban J connectivity index is 2.78. The van der Waals surface area contributed by atoms with Crippen LogP contribution in [0.1, 0.15) is 16.7 Å². The van der Waals surface area contributed by atoms with Gasteiger partial charge >= 0.3 is 6.41 Å². The molecular formula is C10H12NO. The van der Waals surface area contributed by atoms with Crippen LogP contribution < -0.4 is 5.32 Å². The van der Waals surface area contributed by atoms with E-state index in [2.05, 4.69) is 23.5 Å². The maximum absolute atomic E-state index is 9.91. The van der Waals surface area contributed by atoms with Crippen molar-refractivity contribution in [1.29, 1.82) is 0 Å². The standard InChI is InChI=1S/C10H12NO/c1-8-3-9(2)5-10(4-8)6-11-7-12/h3-5H,6H2,1-2H3,(H,11,12). The summed E-state index contributed by atoms with van der Waals surface area (Å²) in [5, 5.41) is 2.51. The fourth-order valence-corrected chi connectivity index (χ4v) is 1.31. The Labute approximate surface area is 72.6 Å². The molecule has 0 spiro atoms. The molecule has 0 bridgehead atoms. The maximum Gasteiger partial charge on any atom is 0.309 e. The molecule has 0 aliphatic heterocycles. The van der Waals surface area contributed by atoms with Gasteiger partial charge in [-0.05, 0) is 19.4 Å². The van der Waals surface area contributed by atoms with Crippen molar-refractivity contribution in [1.82, 2.24) is 5.32 Å². The van der Waals surface area contributed by atoms with E-state index in [4.69, 9.17) is 0 Å². The monoisotopic (exact) mass is 162 g/mol. The SMILES string of the molecule is Cc1cc(C)cc(CN[C]=O)c1. The highest BCUT2D eigenvalue weighted by Gasteiger charge is 1.94. The lowest BCUT2D eigenvalue weighted by molar-refractivity contribution is 0.542. The van der Waals surface area contributed by atoms with Crippen LogP contribution in [-0.2, 0) is 11.3 Å². The van der Waals surface area contributed by atoms with Crippen molar-refractivity contribution >= 4 is 6.41 Å². The molecule has 1 radical (unpaired) electrons. The fourth-order valence-electron chi connectivity index (χ4n) is 1.31. The number of rotatable bonds is 3. The molecule has 1 aromatic rings. The molecule has 0 aliphatic carbocycles. The molecule has 0 aliphatic rings. The summed E-state index contributed by atoms with van der Waals surface area (Å²) >= 11 is 0. The predicted octanol–water partition coefficient (Wildman–Crippen LogP) is 1.46. The molecule has 1 aromatic carbocycles. The van der Waals surface area contributed by atoms with E-state index in [1.807, 2.05) is 13.8 Å². The summed E-state index contributed by atoms with van der Waals surface area (Å²) in [5.74, 6) is 0. The highest BCUT2D eigenvalue weighted by Crippen LogP contribution is 2.07. The summed E-state index contributed by atoms with van der Waals surface area (Å²) in [6.45, 7) is 4.65. The van der Waals surface area contributed by atoms with Crippen LogP contribution in [0, 0.1) is 13.8 Å². The van der Waals surface area contributed by atoms with Gasteiger partial charge in [-0.2, -0.15) is 0 Å². The summed E-state index contributed by atoms with van der Waals surface area (Å²) in [5.41, 5.74) is 3.56. The summed E-state index contributed by atoms with van der Waals surface area (Å²) in [6.07, 6.45) is 1.66. The molecule has 0 unspecified atom stereocenters. The van der Waals surface area contributed by atoms with Crippen molar-refractivity contribution in [2.75, 3.05) is 0 Å². The predicted molar refractivity (Wildman–Crippen MR) is 48.4 cm³/mol. The number of hydrogen-bond donors (Lipinski definition) is 1. The number of amides is 1. The second-order valence-electron chi connectivity index (χ2n) is 2.95. The quantitative estimate of drug-likeness (QED) is 0.670. The number of hydrogen-bond acceptors (Lipinski definition) is 1. The van der Waals surface area contributed by atoms with Gasteiger partial charge in [0.05, 0.1) is 0 Å². The molecule has 1 amide bonds. The molecule has 2 heteroatoms. The molecule has 0 saturated carbocycles. The Morgan fingerprint density at radius 1 is 1.25 bits per heavy atom. The van der Waals surface area contributed by atoms with E-state index in [1.165, 1.54) is 11.1 Å². The minimum absolute atomic E-state index is 0.562. The van der Waals surface area contributed by atoms with Crippen LogP contribution in [0.25, 0.3) is 0 Å². The molecule has 63 valence electrons. The molecule has 0 fully saturated rings. The van der Waals surface area contributed by atoms with Gasteiger partial charge in [0, 0.05) is 6.54 Å². The second-order valence-corrected chi connectivity index (χ2v) is 2.95. The van der Waals surface area contributed by atoms with Crippen molar-refractivity contribution in [3.8, 4) is 0 Å². The summed E-state index contributed by atoms with van der Waals surface area (Å²) in [6, 6.07) is 6.21. The van der Waals surface area contributed by atoms with Gasteiger partial charge in [-0.15, -0.1) is 0 Å². The zero-order valence-electron chi connectivity index (χ0n) is 7.35. The van der Waals surface area contributed by atoms with E-state index >= 15 is 0 Å². The molecule has 0 heterocycles. The molecule has 2 nitrogen and oxygen atoms in total. The lowest BCUT2D eigenvalue weighted by Crippen LogP contribution is -2.09. The molecule has 1 rings (SSSR count). The molecular weight excluding hydrogens is 150 g/mol. The highest BCUT2D eigenvalue weighted by atomic mass is 16.1. The normalized spacial score (nSPS) is 9.50. The van der Waals surface area contributed by atoms with Crippen molar-refractivity contribution in [3.05, 3.63) is 34.9 Å². The largest absolute Gasteiger partial charge is 0.344 e. The first-order chi connectivity index (χ1) is 5.72. The zero-order valence-corrected chi connectivity index (χ0v) is 7.35. The number of carbonyl (C=O) groups excluding carboxylic acids is 1. The smallest absolute Gasteiger partial charge is 0.309 e. The van der Waals surface area contributed by atoms with E-state index < -0.39 is 0 Å². The third-order valence-corrected chi connectivity index (χ3v) is 1.65. The van der Waals surface area contributed by atoms with Gasteiger partial charge in [0.15, 0.2) is 0 Å². The van der Waals surface area contributed by atoms with Crippen LogP contribution in [0.3, 0.4) is 0 Å². The summed E-state index contributed by atoms with van der Waals surface area (Å²) in [7, 11) is 0. The van der Waals surface area contributed by atoms with Crippen molar-refractivity contribution in [3.63, 3.8) is 0 Å². The summed E-state index contributed by atoms with van der Waals surface area (Å²) in [4.78, 5) is 9.91. The highest BCUT2D eigenvalue weighted by molar-refractivity contribution is 5.47. The first-order valence-electron chi connectivity index (χ1n) is 3.89. The molecule has 12 heavy (non-hydrogen) atoms. The zero-order chi connectivity index (χ0) is 8.97. The van der Waals surface area contributed by atoms with Crippen LogP contribution in [0.5, 0.6) is 0 Å². The van der Waals surface area contributed by atoms with Gasteiger partial charge in [0.25, 0.3) is 0 Å². The average molecular weight is 162 g/mol. The van der Waals surface area contributed by atoms with Crippen molar-refractivity contribution < 1.29 is 4.79 Å². The maximum atomic E-state index is 9.91. The van der Waals surface area contributed by atoms with Gasteiger partial charge in [0.2, 0.25) is 0 Å². The Morgan fingerprint density at radius 3 is 2.33 bits per heavy atom. The Hall–Kier alpha value is -1.31. The average Bonchev–Trinajstić information content (AvgIpc) is 1.99. The number of benzene rings is 1. The van der Waals surface area contributed by atoms with Crippen LogP contribution in [0.15, 0.2) is 18.2 Å². The van der Waals surface area contributed by atoms with E-state index in [9.17, 15) is 4.79 Å². The van der Waals surface area contributed by atoms with Gasteiger partial charge in [-0.25, -0.2) is 0 Å². The van der Waals surface area contributed by atoms with Gasteiger partial charge in [-0.3, -0.25) is 4.79 Å². The topological polar surface area (TPSA) is 29.1 Å². The first kappa shape index (κ1) is 8.78. The molecule has 0 aromatic heterocycles. The second kappa shape index (κ2) is 3.90. The lowest BCUT2D eigenvalue weighted by Gasteiger charge is -2.02. The number of aryl methyl sites for hydroxylation is 2. The third-order valence-electron chi connectivity index (χ3n) is 1.65. The van der Waals surface area contributed by atoms with Crippen molar-refractivity contribution in [2.45, 2.75) is 20.4 Å². The molecule has 1 N–H and O–H groups in total. The van der Waals surface area contributed by atoms with E-state index in [1.54, 1.807) is 6.41 Å². The van der Waals surface area contributed by atoms with Gasteiger partial charge in [-0.1, -0.05) is 29.3 Å². The van der Waals surface area contributed by atoms with Crippen LogP contribution in [0.2, 0.25) is 0 Å². The van der Waals surface area contributed by atoms with Crippen LogP contribution in [0.4, 0.5) is 0 Å². The van der Waals surface area contributed by atoms with Crippen LogP contribution in [-0.4, -0.2) is 6.41 Å². The van der Waals surface area contributed by atoms with E-state index in [0.717, 1.165) is 5.56 Å². The lowest BCUT2D eigenvalue weighted by atomic mass is 10.1. The fraction of sp³-hybridized carbons (Fsp3) is 0.300. The van der Waals surface area contributed by atoms with E-state index in [0.29, 0.717) is 6.54 Å². The third kappa shape index (κ3) is 2.38. The van der Waals surface area contributed by atoms with Gasteiger partial charge < -0.3 is 5.32 Å². The molecule has 0 saturated heterocycles. The van der Waals surface area contributed by atoms with E-state index in [-0.39, 0.29) is 0 Å². The minimum Gasteiger partial charge on any atom is -0.344 e. The number of nitrogens with one attached hydrogen (secondary N) is 1. The minimum atomic E-state index is 0.562. The van der Waals surface area contributed by atoms with Gasteiger partial charge in [0.1, 0.15) is 0 Å². The molecule has 0 atom stereocenters.